The van der Waals surface area contributed by atoms with E-state index in [2.05, 4.69) is 36.5 Å². The number of benzene rings is 2. The Hall–Kier alpha value is -2.73. The van der Waals surface area contributed by atoms with Crippen LogP contribution in [0.4, 0.5) is 23.0 Å². The molecular weight excluding hydrogens is 380 g/mol. The summed E-state index contributed by atoms with van der Waals surface area (Å²) in [5.74, 6) is 2.09. The molecule has 5 nitrogen and oxygen atoms in total. The molecule has 0 amide bonds. The molecule has 25 heavy (non-hydrogen) atoms. The zero-order valence-corrected chi connectivity index (χ0v) is 15.5. The topological polar surface area (TPSA) is 66.9 Å². The smallest absolute Gasteiger partial charge is 0.159 e. The number of halogens is 1. The molecule has 0 aliphatic carbocycles. The summed E-state index contributed by atoms with van der Waals surface area (Å²) in [6, 6.07) is 17.0. The molecule has 2 N–H and O–H groups in total. The number of aromatic nitrogens is 2. The first-order chi connectivity index (χ1) is 12.0. The van der Waals surface area contributed by atoms with Crippen LogP contribution in [0.1, 0.15) is 23.1 Å². The van der Waals surface area contributed by atoms with Crippen molar-refractivity contribution in [2.24, 2.45) is 0 Å². The van der Waals surface area contributed by atoms with Gasteiger partial charge in [0.1, 0.15) is 17.5 Å². The average Bonchev–Trinajstić information content (AvgIpc) is 2.57. The summed E-state index contributed by atoms with van der Waals surface area (Å²) in [5, 5.41) is 6.50. The van der Waals surface area contributed by atoms with E-state index in [1.54, 1.807) is 19.1 Å². The van der Waals surface area contributed by atoms with Gasteiger partial charge in [-0.25, -0.2) is 9.97 Å². The van der Waals surface area contributed by atoms with Crippen molar-refractivity contribution in [2.45, 2.75) is 13.8 Å². The van der Waals surface area contributed by atoms with Gasteiger partial charge in [0.05, 0.1) is 0 Å². The maximum Gasteiger partial charge on any atom is 0.159 e. The van der Waals surface area contributed by atoms with Crippen LogP contribution in [0.3, 0.4) is 0 Å². The first-order valence-electron chi connectivity index (χ1n) is 7.76. The van der Waals surface area contributed by atoms with Crippen molar-refractivity contribution >= 4 is 44.7 Å². The number of carbonyl (C=O) groups excluding carboxylic acids is 1. The van der Waals surface area contributed by atoms with E-state index in [0.717, 1.165) is 15.8 Å². The van der Waals surface area contributed by atoms with Gasteiger partial charge in [0, 0.05) is 27.5 Å². The molecule has 1 heterocycles. The number of aryl methyl sites for hydroxylation is 1. The maximum absolute atomic E-state index is 11.3. The summed E-state index contributed by atoms with van der Waals surface area (Å²) in [7, 11) is 0. The first-order valence-corrected chi connectivity index (χ1v) is 8.55. The largest absolute Gasteiger partial charge is 0.340 e. The highest BCUT2D eigenvalue weighted by Gasteiger charge is 2.04. The van der Waals surface area contributed by atoms with Crippen molar-refractivity contribution in [3.05, 3.63) is 70.5 Å². The SMILES string of the molecule is CC(=O)c1ccc(Nc2cc(Nc3ccc(Br)cc3)nc(C)n2)cc1. The second-order valence-electron chi connectivity index (χ2n) is 5.58. The second-order valence-corrected chi connectivity index (χ2v) is 6.49. The Morgan fingerprint density at radius 1 is 0.880 bits per heavy atom. The first kappa shape index (κ1) is 17.1. The van der Waals surface area contributed by atoms with Gasteiger partial charge in [-0.3, -0.25) is 4.79 Å². The number of Topliss-reactive ketones (excluding diaryl/α,β-unsaturated/α-hetero) is 1. The highest BCUT2D eigenvalue weighted by molar-refractivity contribution is 9.10. The highest BCUT2D eigenvalue weighted by atomic mass is 79.9. The minimum absolute atomic E-state index is 0.0467. The monoisotopic (exact) mass is 396 g/mol. The third-order valence-electron chi connectivity index (χ3n) is 3.52. The zero-order valence-electron chi connectivity index (χ0n) is 13.9. The normalized spacial score (nSPS) is 10.4. The third kappa shape index (κ3) is 4.64. The van der Waals surface area contributed by atoms with Gasteiger partial charge in [-0.05, 0) is 62.4 Å². The maximum atomic E-state index is 11.3. The fraction of sp³-hybridized carbons (Fsp3) is 0.105. The second kappa shape index (κ2) is 7.44. The molecule has 0 atom stereocenters. The molecule has 0 saturated heterocycles. The number of hydrogen-bond donors (Lipinski definition) is 2. The van der Waals surface area contributed by atoms with Gasteiger partial charge in [0.25, 0.3) is 0 Å². The summed E-state index contributed by atoms with van der Waals surface area (Å²) in [4.78, 5) is 20.2. The molecule has 3 aromatic rings. The van der Waals surface area contributed by atoms with Crippen LogP contribution in [0.5, 0.6) is 0 Å². The van der Waals surface area contributed by atoms with E-state index in [4.69, 9.17) is 0 Å². The van der Waals surface area contributed by atoms with Crippen molar-refractivity contribution in [1.29, 1.82) is 0 Å². The highest BCUT2D eigenvalue weighted by Crippen LogP contribution is 2.22. The molecule has 2 aromatic carbocycles. The molecule has 126 valence electrons. The van der Waals surface area contributed by atoms with E-state index in [-0.39, 0.29) is 5.78 Å². The molecular formula is C19H17BrN4O. The summed E-state index contributed by atoms with van der Waals surface area (Å²) in [6.07, 6.45) is 0. The van der Waals surface area contributed by atoms with Crippen LogP contribution in [-0.4, -0.2) is 15.8 Å². The Bertz CT molecular complexity index is 892. The van der Waals surface area contributed by atoms with Gasteiger partial charge in [-0.15, -0.1) is 0 Å². The number of anilines is 4. The number of rotatable bonds is 5. The van der Waals surface area contributed by atoms with Crippen LogP contribution >= 0.6 is 15.9 Å². The van der Waals surface area contributed by atoms with Gasteiger partial charge in [0.2, 0.25) is 0 Å². The molecule has 6 heteroatoms. The van der Waals surface area contributed by atoms with Crippen molar-refractivity contribution in [2.75, 3.05) is 10.6 Å². The van der Waals surface area contributed by atoms with Crippen LogP contribution in [0.2, 0.25) is 0 Å². The van der Waals surface area contributed by atoms with E-state index < -0.39 is 0 Å². The molecule has 0 aliphatic rings. The van der Waals surface area contributed by atoms with Gasteiger partial charge in [0.15, 0.2) is 5.78 Å². The quantitative estimate of drug-likeness (QED) is 0.577. The Labute approximate surface area is 154 Å². The Morgan fingerprint density at radius 2 is 1.36 bits per heavy atom. The standard InChI is InChI=1S/C19H17BrN4O/c1-12(25)14-3-7-16(8-4-14)23-18-11-19(22-13(2)21-18)24-17-9-5-15(20)6-10-17/h3-11H,1-2H3,(H2,21,22,23,24). The van der Waals surface area contributed by atoms with Crippen LogP contribution in [0.25, 0.3) is 0 Å². The Kier molecular flexibility index (Phi) is 5.09. The lowest BCUT2D eigenvalue weighted by atomic mass is 10.1. The van der Waals surface area contributed by atoms with E-state index in [0.29, 0.717) is 23.0 Å². The summed E-state index contributed by atoms with van der Waals surface area (Å²) < 4.78 is 1.02. The predicted octanol–water partition coefficient (Wildman–Crippen LogP) is 5.24. The van der Waals surface area contributed by atoms with Crippen molar-refractivity contribution in [3.8, 4) is 0 Å². The predicted molar refractivity (Wildman–Crippen MR) is 104 cm³/mol. The van der Waals surface area contributed by atoms with Gasteiger partial charge in [-0.2, -0.15) is 0 Å². The molecule has 0 radical (unpaired) electrons. The van der Waals surface area contributed by atoms with Gasteiger partial charge < -0.3 is 10.6 Å². The number of nitrogens with one attached hydrogen (secondary N) is 2. The summed E-state index contributed by atoms with van der Waals surface area (Å²) in [5.41, 5.74) is 2.48. The molecule has 0 saturated carbocycles. The minimum atomic E-state index is 0.0467. The van der Waals surface area contributed by atoms with Crippen LogP contribution < -0.4 is 10.6 Å². The van der Waals surface area contributed by atoms with E-state index in [1.165, 1.54) is 0 Å². The average molecular weight is 397 g/mol. The lowest BCUT2D eigenvalue weighted by Gasteiger charge is -2.10. The fourth-order valence-electron chi connectivity index (χ4n) is 2.31. The summed E-state index contributed by atoms with van der Waals surface area (Å²) in [6.45, 7) is 3.40. The number of hydrogen-bond acceptors (Lipinski definition) is 5. The van der Waals surface area contributed by atoms with Crippen LogP contribution in [0.15, 0.2) is 59.1 Å². The molecule has 0 fully saturated rings. The molecule has 0 spiro atoms. The van der Waals surface area contributed by atoms with Crippen molar-refractivity contribution in [3.63, 3.8) is 0 Å². The Balaban J connectivity index is 1.79. The number of carbonyl (C=O) groups is 1. The Morgan fingerprint density at radius 3 is 1.84 bits per heavy atom. The van der Waals surface area contributed by atoms with Gasteiger partial charge in [-0.1, -0.05) is 15.9 Å². The van der Waals surface area contributed by atoms with Crippen molar-refractivity contribution in [1.82, 2.24) is 9.97 Å². The minimum Gasteiger partial charge on any atom is -0.340 e. The fourth-order valence-corrected chi connectivity index (χ4v) is 2.58. The number of ketones is 1. The lowest BCUT2D eigenvalue weighted by Crippen LogP contribution is -2.01. The number of nitrogens with zero attached hydrogens (tertiary/aromatic N) is 2. The lowest BCUT2D eigenvalue weighted by molar-refractivity contribution is 0.101. The molecule has 0 bridgehead atoms. The van der Waals surface area contributed by atoms with Crippen LogP contribution in [0, 0.1) is 6.92 Å². The van der Waals surface area contributed by atoms with Gasteiger partial charge >= 0.3 is 0 Å². The molecule has 0 unspecified atom stereocenters. The molecule has 1 aromatic heterocycles. The molecule has 0 aliphatic heterocycles. The summed E-state index contributed by atoms with van der Waals surface area (Å²) >= 11 is 3.42. The van der Waals surface area contributed by atoms with Crippen LogP contribution in [-0.2, 0) is 0 Å². The zero-order chi connectivity index (χ0) is 17.8. The van der Waals surface area contributed by atoms with E-state index in [1.807, 2.05) is 49.4 Å². The molecule has 3 rings (SSSR count). The van der Waals surface area contributed by atoms with E-state index >= 15 is 0 Å². The van der Waals surface area contributed by atoms with Crippen molar-refractivity contribution < 1.29 is 4.79 Å². The van der Waals surface area contributed by atoms with E-state index in [9.17, 15) is 4.79 Å². The third-order valence-corrected chi connectivity index (χ3v) is 4.05.